The van der Waals surface area contributed by atoms with E-state index in [0.717, 1.165) is 12.3 Å². The number of aliphatic hydroxyl groups excluding tert-OH is 2. The van der Waals surface area contributed by atoms with E-state index < -0.39 is 23.2 Å². The van der Waals surface area contributed by atoms with Gasteiger partial charge in [0.15, 0.2) is 5.78 Å². The van der Waals surface area contributed by atoms with E-state index >= 15 is 0 Å². The summed E-state index contributed by atoms with van der Waals surface area (Å²) in [5.74, 6) is 2.64. The molecule has 3 N–H and O–H groups in total. The third-order valence-corrected chi connectivity index (χ3v) is 11.2. The molecule has 0 aromatic heterocycles. The Bertz CT molecular complexity index is 761. The number of hydrogen-bond acceptors (Lipinski definition) is 4. The van der Waals surface area contributed by atoms with E-state index in [-0.39, 0.29) is 29.5 Å². The van der Waals surface area contributed by atoms with E-state index in [9.17, 15) is 20.1 Å². The number of carbonyl (C=O) groups is 1. The molecule has 0 radical (unpaired) electrons. The lowest BCUT2D eigenvalue weighted by atomic mass is 9.42. The average molecular weight is 447 g/mol. The Labute approximate surface area is 194 Å². The molecule has 4 nitrogen and oxygen atoms in total. The number of fused-ring (bicyclic) bond motifs is 5. The summed E-state index contributed by atoms with van der Waals surface area (Å²) < 4.78 is 0. The van der Waals surface area contributed by atoms with E-state index in [1.807, 2.05) is 6.92 Å². The van der Waals surface area contributed by atoms with Crippen LogP contribution in [0.15, 0.2) is 12.2 Å². The van der Waals surface area contributed by atoms with Crippen molar-refractivity contribution in [2.24, 2.45) is 52.3 Å². The second-order valence-electron chi connectivity index (χ2n) is 12.9. The highest BCUT2D eigenvalue weighted by Crippen LogP contribution is 2.68. The van der Waals surface area contributed by atoms with Crippen LogP contribution in [0.25, 0.3) is 0 Å². The summed E-state index contributed by atoms with van der Waals surface area (Å²) in [6, 6.07) is 0. The largest absolute Gasteiger partial charge is 0.393 e. The molecule has 0 heterocycles. The number of hydrogen-bond donors (Lipinski definition) is 3. The van der Waals surface area contributed by atoms with Gasteiger partial charge in [0.1, 0.15) is 5.60 Å². The van der Waals surface area contributed by atoms with E-state index in [1.54, 1.807) is 12.2 Å². The van der Waals surface area contributed by atoms with Gasteiger partial charge in [-0.05, 0) is 86.0 Å². The molecule has 4 heteroatoms. The molecule has 0 aromatic rings. The van der Waals surface area contributed by atoms with Crippen molar-refractivity contribution in [1.82, 2.24) is 0 Å². The normalized spacial score (nSPS) is 50.0. The molecule has 182 valence electrons. The lowest BCUT2D eigenvalue weighted by Crippen LogP contribution is -2.71. The lowest BCUT2D eigenvalue weighted by Gasteiger charge is -2.64. The van der Waals surface area contributed by atoms with Gasteiger partial charge in [-0.2, -0.15) is 0 Å². The van der Waals surface area contributed by atoms with Crippen LogP contribution in [-0.4, -0.2) is 38.9 Å². The average Bonchev–Trinajstić information content (AvgIpc) is 3.05. The van der Waals surface area contributed by atoms with Crippen molar-refractivity contribution in [3.05, 3.63) is 12.2 Å². The molecule has 0 aliphatic heterocycles. The first-order chi connectivity index (χ1) is 14.9. The van der Waals surface area contributed by atoms with Gasteiger partial charge in [0.2, 0.25) is 0 Å². The monoisotopic (exact) mass is 446 g/mol. The molecule has 11 atom stereocenters. The van der Waals surface area contributed by atoms with Crippen molar-refractivity contribution in [2.75, 3.05) is 0 Å². The van der Waals surface area contributed by atoms with Crippen molar-refractivity contribution < 1.29 is 20.1 Å². The van der Waals surface area contributed by atoms with E-state index in [4.69, 9.17) is 0 Å². The second kappa shape index (κ2) is 8.20. The van der Waals surface area contributed by atoms with E-state index in [2.05, 4.69) is 34.6 Å². The zero-order chi connectivity index (χ0) is 23.6. The summed E-state index contributed by atoms with van der Waals surface area (Å²) in [5.41, 5.74) is -2.58. The summed E-state index contributed by atoms with van der Waals surface area (Å²) in [7, 11) is 0. The molecule has 3 saturated carbocycles. The van der Waals surface area contributed by atoms with Crippen LogP contribution in [0, 0.1) is 52.3 Å². The molecule has 4 aliphatic carbocycles. The molecule has 3 fully saturated rings. The Kier molecular flexibility index (Phi) is 6.26. The Hall–Kier alpha value is -0.710. The molecule has 0 amide bonds. The number of carbonyl (C=O) groups excluding carboxylic acids is 1. The maximum atomic E-state index is 13.2. The van der Waals surface area contributed by atoms with Crippen LogP contribution in [-0.2, 0) is 4.79 Å². The smallest absolute Gasteiger partial charge is 0.164 e. The van der Waals surface area contributed by atoms with Crippen LogP contribution in [0.5, 0.6) is 0 Å². The molecule has 0 bridgehead atoms. The minimum absolute atomic E-state index is 0.0279. The van der Waals surface area contributed by atoms with Gasteiger partial charge >= 0.3 is 0 Å². The minimum Gasteiger partial charge on any atom is -0.393 e. The quantitative estimate of drug-likeness (QED) is 0.569. The zero-order valence-electron chi connectivity index (χ0n) is 21.1. The number of aliphatic hydroxyl groups is 3. The molecule has 4 aliphatic rings. The molecule has 0 spiro atoms. The van der Waals surface area contributed by atoms with Crippen molar-refractivity contribution >= 4 is 5.78 Å². The third kappa shape index (κ3) is 3.30. The maximum Gasteiger partial charge on any atom is 0.164 e. The molecular formula is C28H46O4. The summed E-state index contributed by atoms with van der Waals surface area (Å²) in [6.07, 6.45) is 7.91. The van der Waals surface area contributed by atoms with Crippen LogP contribution in [0.3, 0.4) is 0 Å². The predicted molar refractivity (Wildman–Crippen MR) is 127 cm³/mol. The number of allylic oxidation sites excluding steroid dienone is 1. The molecule has 0 saturated heterocycles. The zero-order valence-corrected chi connectivity index (χ0v) is 21.1. The van der Waals surface area contributed by atoms with Crippen LogP contribution < -0.4 is 0 Å². The Morgan fingerprint density at radius 3 is 2.44 bits per heavy atom. The molecular weight excluding hydrogens is 400 g/mol. The summed E-state index contributed by atoms with van der Waals surface area (Å²) >= 11 is 0. The first kappa shape index (κ1) is 24.4. The Morgan fingerprint density at radius 2 is 1.78 bits per heavy atom. The van der Waals surface area contributed by atoms with Gasteiger partial charge in [-0.15, -0.1) is 0 Å². The number of rotatable bonds is 5. The highest BCUT2D eigenvalue weighted by atomic mass is 16.3. The second-order valence-corrected chi connectivity index (χ2v) is 12.9. The van der Waals surface area contributed by atoms with Gasteiger partial charge in [0.05, 0.1) is 17.6 Å². The van der Waals surface area contributed by atoms with Gasteiger partial charge in [-0.1, -0.05) is 53.5 Å². The van der Waals surface area contributed by atoms with Crippen LogP contribution in [0.2, 0.25) is 0 Å². The first-order valence-corrected chi connectivity index (χ1v) is 13.2. The van der Waals surface area contributed by atoms with Crippen LogP contribution in [0.4, 0.5) is 0 Å². The number of ketones is 1. The topological polar surface area (TPSA) is 77.8 Å². The highest BCUT2D eigenvalue weighted by Gasteiger charge is 2.71. The van der Waals surface area contributed by atoms with Gasteiger partial charge < -0.3 is 15.3 Å². The van der Waals surface area contributed by atoms with Crippen molar-refractivity contribution in [2.45, 2.75) is 104 Å². The fraction of sp³-hybridized carbons (Fsp3) is 0.893. The van der Waals surface area contributed by atoms with E-state index in [1.165, 1.54) is 19.3 Å². The van der Waals surface area contributed by atoms with Crippen LogP contribution >= 0.6 is 0 Å². The van der Waals surface area contributed by atoms with Gasteiger partial charge in [-0.25, -0.2) is 0 Å². The van der Waals surface area contributed by atoms with Gasteiger partial charge in [0.25, 0.3) is 0 Å². The van der Waals surface area contributed by atoms with E-state index in [0.29, 0.717) is 36.5 Å². The van der Waals surface area contributed by atoms with Gasteiger partial charge in [0, 0.05) is 5.92 Å². The SMILES string of the molecule is CC(C)C(C)CCC(C)C1CCC2C3CC(O)C4(O)CC=CC(=O)C4(C)C3C(O)CC12C. The molecule has 32 heavy (non-hydrogen) atoms. The summed E-state index contributed by atoms with van der Waals surface area (Å²) in [6.45, 7) is 13.5. The van der Waals surface area contributed by atoms with Gasteiger partial charge in [-0.3, -0.25) is 4.79 Å². The van der Waals surface area contributed by atoms with Crippen molar-refractivity contribution in [3.8, 4) is 0 Å². The summed E-state index contributed by atoms with van der Waals surface area (Å²) in [5, 5.41) is 34.2. The predicted octanol–water partition coefficient (Wildman–Crippen LogP) is 4.76. The first-order valence-electron chi connectivity index (χ1n) is 13.2. The standard InChI is InChI=1S/C28H46O4/c1-16(2)17(3)9-10-18(4)20-11-12-21-19-14-24(31)28(32)13-7-8-23(30)27(28,6)25(19)22(29)15-26(20,21)5/h7-8,16-22,24-25,29,31-32H,9-15H2,1-6H3. The van der Waals surface area contributed by atoms with Crippen LogP contribution in [0.1, 0.15) is 86.5 Å². The molecule has 4 rings (SSSR count). The Morgan fingerprint density at radius 1 is 1.09 bits per heavy atom. The Balaban J connectivity index is 1.61. The van der Waals surface area contributed by atoms with Crippen molar-refractivity contribution in [1.29, 1.82) is 0 Å². The molecule has 11 unspecified atom stereocenters. The lowest BCUT2D eigenvalue weighted by molar-refractivity contribution is -0.251. The molecule has 0 aromatic carbocycles. The third-order valence-electron chi connectivity index (χ3n) is 11.2. The minimum atomic E-state index is -1.48. The highest BCUT2D eigenvalue weighted by molar-refractivity contribution is 5.97. The fourth-order valence-electron chi connectivity index (χ4n) is 8.86. The fourth-order valence-corrected chi connectivity index (χ4v) is 8.86. The van der Waals surface area contributed by atoms with Crippen molar-refractivity contribution in [3.63, 3.8) is 0 Å². The summed E-state index contributed by atoms with van der Waals surface area (Å²) in [4.78, 5) is 13.2. The maximum absolute atomic E-state index is 13.2.